The summed E-state index contributed by atoms with van der Waals surface area (Å²) in [5.74, 6) is 1.54. The molecule has 92 valence electrons. The summed E-state index contributed by atoms with van der Waals surface area (Å²) in [6, 6.07) is 3.76. The maximum absolute atomic E-state index is 11.3. The van der Waals surface area contributed by atoms with Gasteiger partial charge in [0.15, 0.2) is 0 Å². The number of oxazole rings is 1. The molecule has 0 saturated carbocycles. The first kappa shape index (κ1) is 11.0. The molecule has 5 nitrogen and oxygen atoms in total. The van der Waals surface area contributed by atoms with Gasteiger partial charge in [0.05, 0.1) is 12.1 Å². The topological polar surface area (TPSA) is 59.2 Å². The number of hydrogen-bond donors (Lipinski definition) is 0. The van der Waals surface area contributed by atoms with Crippen LogP contribution in [0.1, 0.15) is 18.4 Å². The summed E-state index contributed by atoms with van der Waals surface area (Å²) >= 11 is 0. The minimum Gasteiger partial charge on any atom is -0.441 e. The molecule has 3 rings (SSSR count). The minimum absolute atomic E-state index is 0.0755. The van der Waals surface area contributed by atoms with Gasteiger partial charge in [-0.2, -0.15) is 0 Å². The van der Waals surface area contributed by atoms with Crippen molar-refractivity contribution >= 4 is 5.91 Å². The second kappa shape index (κ2) is 4.25. The van der Waals surface area contributed by atoms with E-state index in [1.807, 2.05) is 12.1 Å². The minimum atomic E-state index is 0.0755. The van der Waals surface area contributed by atoms with Crippen LogP contribution in [-0.2, 0) is 17.8 Å². The van der Waals surface area contributed by atoms with Gasteiger partial charge in [-0.05, 0) is 12.1 Å². The molecule has 2 aromatic rings. The van der Waals surface area contributed by atoms with E-state index in [1.54, 1.807) is 24.2 Å². The van der Waals surface area contributed by atoms with Gasteiger partial charge in [-0.3, -0.25) is 9.78 Å². The molecule has 0 atom stereocenters. The molecule has 18 heavy (non-hydrogen) atoms. The highest BCUT2D eigenvalue weighted by molar-refractivity contribution is 5.73. The number of carbonyl (C=O) groups is 1. The summed E-state index contributed by atoms with van der Waals surface area (Å²) in [4.78, 5) is 21.6. The van der Waals surface area contributed by atoms with E-state index in [0.717, 1.165) is 23.4 Å². The molecular weight excluding hydrogens is 230 g/mol. The Morgan fingerprint density at radius 1 is 1.50 bits per heavy atom. The summed E-state index contributed by atoms with van der Waals surface area (Å²) in [7, 11) is 0. The Hall–Kier alpha value is -2.17. The smallest absolute Gasteiger partial charge is 0.228 e. The third-order valence-corrected chi connectivity index (χ3v) is 3.08. The van der Waals surface area contributed by atoms with Crippen LogP contribution < -0.4 is 0 Å². The lowest BCUT2D eigenvalue weighted by Gasteiger charge is -2.23. The van der Waals surface area contributed by atoms with Crippen LogP contribution in [0.15, 0.2) is 28.9 Å². The van der Waals surface area contributed by atoms with E-state index in [4.69, 9.17) is 4.42 Å². The second-order valence-electron chi connectivity index (χ2n) is 4.32. The van der Waals surface area contributed by atoms with Crippen molar-refractivity contribution in [2.75, 3.05) is 6.54 Å². The number of rotatable bonds is 1. The molecule has 0 bridgehead atoms. The Morgan fingerprint density at radius 2 is 2.39 bits per heavy atom. The molecular formula is C13H13N3O2. The number of nitrogens with zero attached hydrogens (tertiary/aromatic N) is 3. The van der Waals surface area contributed by atoms with Gasteiger partial charge < -0.3 is 9.32 Å². The van der Waals surface area contributed by atoms with E-state index in [0.29, 0.717) is 19.0 Å². The van der Waals surface area contributed by atoms with Crippen LogP contribution >= 0.6 is 0 Å². The SMILES string of the molecule is CC(=O)N1CCc2oc(-c3cccnc3)nc2C1. The van der Waals surface area contributed by atoms with Crippen LogP contribution in [0.4, 0.5) is 0 Å². The number of carbonyl (C=O) groups excluding carboxylic acids is 1. The fourth-order valence-electron chi connectivity index (χ4n) is 2.08. The first-order chi connectivity index (χ1) is 8.74. The van der Waals surface area contributed by atoms with E-state index in [2.05, 4.69) is 9.97 Å². The first-order valence-electron chi connectivity index (χ1n) is 5.88. The van der Waals surface area contributed by atoms with E-state index in [-0.39, 0.29) is 5.91 Å². The quantitative estimate of drug-likeness (QED) is 0.764. The highest BCUT2D eigenvalue weighted by Gasteiger charge is 2.23. The largest absolute Gasteiger partial charge is 0.441 e. The summed E-state index contributed by atoms with van der Waals surface area (Å²) < 4.78 is 5.73. The van der Waals surface area contributed by atoms with Crippen molar-refractivity contribution in [1.82, 2.24) is 14.9 Å². The number of amides is 1. The standard InChI is InChI=1S/C13H13N3O2/c1-9(17)16-6-4-12-11(8-16)15-13(18-12)10-3-2-5-14-7-10/h2-3,5,7H,4,6,8H2,1H3. The zero-order chi connectivity index (χ0) is 12.5. The molecule has 0 saturated heterocycles. The van der Waals surface area contributed by atoms with E-state index in [9.17, 15) is 4.79 Å². The van der Waals surface area contributed by atoms with E-state index in [1.165, 1.54) is 0 Å². The van der Waals surface area contributed by atoms with Crippen molar-refractivity contribution in [3.8, 4) is 11.5 Å². The molecule has 0 aliphatic carbocycles. The predicted molar refractivity (Wildman–Crippen MR) is 64.5 cm³/mol. The summed E-state index contributed by atoms with van der Waals surface area (Å²) in [6.45, 7) is 2.81. The van der Waals surface area contributed by atoms with Crippen LogP contribution in [0.2, 0.25) is 0 Å². The van der Waals surface area contributed by atoms with Crippen molar-refractivity contribution in [3.63, 3.8) is 0 Å². The zero-order valence-corrected chi connectivity index (χ0v) is 10.1. The van der Waals surface area contributed by atoms with Gasteiger partial charge in [-0.15, -0.1) is 0 Å². The Balaban J connectivity index is 1.92. The molecule has 0 spiro atoms. The molecule has 0 unspecified atom stereocenters. The van der Waals surface area contributed by atoms with Gasteiger partial charge in [0, 0.05) is 32.3 Å². The predicted octanol–water partition coefficient (Wildman–Crippen LogP) is 1.64. The number of aromatic nitrogens is 2. The third kappa shape index (κ3) is 1.88. The van der Waals surface area contributed by atoms with Crippen LogP contribution in [0.5, 0.6) is 0 Å². The fraction of sp³-hybridized carbons (Fsp3) is 0.308. The van der Waals surface area contributed by atoms with Crippen molar-refractivity contribution in [2.45, 2.75) is 19.9 Å². The Bertz CT molecular complexity index is 577. The lowest BCUT2D eigenvalue weighted by Crippen LogP contribution is -2.33. The highest BCUT2D eigenvalue weighted by Crippen LogP contribution is 2.25. The molecule has 0 radical (unpaired) electrons. The zero-order valence-electron chi connectivity index (χ0n) is 10.1. The first-order valence-corrected chi connectivity index (χ1v) is 5.88. The second-order valence-corrected chi connectivity index (χ2v) is 4.32. The number of fused-ring (bicyclic) bond motifs is 1. The fourth-order valence-corrected chi connectivity index (χ4v) is 2.08. The molecule has 1 amide bonds. The van der Waals surface area contributed by atoms with Gasteiger partial charge in [0.1, 0.15) is 11.5 Å². The van der Waals surface area contributed by atoms with E-state index < -0.39 is 0 Å². The van der Waals surface area contributed by atoms with Gasteiger partial charge in [0.25, 0.3) is 0 Å². The summed E-state index contributed by atoms with van der Waals surface area (Å²) in [5, 5.41) is 0. The molecule has 2 aromatic heterocycles. The van der Waals surface area contributed by atoms with Crippen molar-refractivity contribution < 1.29 is 9.21 Å². The van der Waals surface area contributed by atoms with Crippen molar-refractivity contribution in [1.29, 1.82) is 0 Å². The van der Waals surface area contributed by atoms with Crippen molar-refractivity contribution in [3.05, 3.63) is 36.0 Å². The molecule has 0 fully saturated rings. The van der Waals surface area contributed by atoms with Crippen molar-refractivity contribution in [2.24, 2.45) is 0 Å². The maximum atomic E-state index is 11.3. The Kier molecular flexibility index (Phi) is 2.59. The van der Waals surface area contributed by atoms with Crippen LogP contribution in [0, 0.1) is 0 Å². The van der Waals surface area contributed by atoms with E-state index >= 15 is 0 Å². The van der Waals surface area contributed by atoms with Crippen LogP contribution in [-0.4, -0.2) is 27.3 Å². The maximum Gasteiger partial charge on any atom is 0.228 e. The van der Waals surface area contributed by atoms with Gasteiger partial charge in [0.2, 0.25) is 11.8 Å². The average molecular weight is 243 g/mol. The number of pyridine rings is 1. The summed E-state index contributed by atoms with van der Waals surface area (Å²) in [5.41, 5.74) is 1.72. The molecule has 0 N–H and O–H groups in total. The van der Waals surface area contributed by atoms with Gasteiger partial charge in [-0.1, -0.05) is 0 Å². The molecule has 1 aliphatic heterocycles. The number of hydrogen-bond acceptors (Lipinski definition) is 4. The normalized spacial score (nSPS) is 14.4. The molecule has 3 heterocycles. The van der Waals surface area contributed by atoms with Crippen LogP contribution in [0.3, 0.4) is 0 Å². The third-order valence-electron chi connectivity index (χ3n) is 3.08. The molecule has 1 aliphatic rings. The Labute approximate surface area is 104 Å². The highest BCUT2D eigenvalue weighted by atomic mass is 16.4. The molecule has 5 heteroatoms. The summed E-state index contributed by atoms with van der Waals surface area (Å²) in [6.07, 6.45) is 4.16. The van der Waals surface area contributed by atoms with Gasteiger partial charge >= 0.3 is 0 Å². The monoisotopic (exact) mass is 243 g/mol. The average Bonchev–Trinajstić information content (AvgIpc) is 2.82. The Morgan fingerprint density at radius 3 is 3.11 bits per heavy atom. The molecule has 0 aromatic carbocycles. The lowest BCUT2D eigenvalue weighted by molar-refractivity contribution is -0.129. The van der Waals surface area contributed by atoms with Crippen LogP contribution in [0.25, 0.3) is 11.5 Å². The lowest BCUT2D eigenvalue weighted by atomic mass is 10.2. The van der Waals surface area contributed by atoms with Gasteiger partial charge in [-0.25, -0.2) is 4.98 Å².